The van der Waals surface area contributed by atoms with Gasteiger partial charge in [0.05, 0.1) is 6.61 Å². The van der Waals surface area contributed by atoms with Crippen molar-refractivity contribution in [2.45, 2.75) is 39.3 Å². The minimum absolute atomic E-state index is 0.648. The van der Waals surface area contributed by atoms with Gasteiger partial charge in [0, 0.05) is 37.5 Å². The lowest BCUT2D eigenvalue weighted by Gasteiger charge is -2.34. The first-order valence-corrected chi connectivity index (χ1v) is 7.79. The third kappa shape index (κ3) is 3.97. The van der Waals surface area contributed by atoms with E-state index >= 15 is 0 Å². The van der Waals surface area contributed by atoms with Crippen LogP contribution in [0.2, 0.25) is 0 Å². The van der Waals surface area contributed by atoms with Gasteiger partial charge < -0.3 is 15.0 Å². The van der Waals surface area contributed by atoms with Gasteiger partial charge in [-0.2, -0.15) is 0 Å². The fraction of sp³-hybridized carbons (Fsp3) is 0.647. The lowest BCUT2D eigenvalue weighted by atomic mass is 10.0. The number of ether oxygens (including phenoxy) is 1. The van der Waals surface area contributed by atoms with Crippen LogP contribution in [0.3, 0.4) is 0 Å². The van der Waals surface area contributed by atoms with E-state index in [9.17, 15) is 0 Å². The lowest BCUT2D eigenvalue weighted by molar-refractivity contribution is 0.185. The van der Waals surface area contributed by atoms with Crippen molar-refractivity contribution in [1.29, 1.82) is 0 Å². The van der Waals surface area contributed by atoms with Gasteiger partial charge in [-0.15, -0.1) is 0 Å². The van der Waals surface area contributed by atoms with Crippen molar-refractivity contribution in [2.24, 2.45) is 5.92 Å². The molecule has 0 spiro atoms. The minimum atomic E-state index is 0.648. The van der Waals surface area contributed by atoms with E-state index in [2.05, 4.69) is 48.3 Å². The monoisotopic (exact) mass is 276 g/mol. The molecule has 1 heterocycles. The Balaban J connectivity index is 2.16. The van der Waals surface area contributed by atoms with Crippen LogP contribution in [0.4, 0.5) is 5.69 Å². The van der Waals surface area contributed by atoms with E-state index in [-0.39, 0.29) is 0 Å². The van der Waals surface area contributed by atoms with Crippen molar-refractivity contribution in [2.75, 3.05) is 31.6 Å². The third-order valence-corrected chi connectivity index (χ3v) is 4.16. The Morgan fingerprint density at radius 3 is 2.90 bits per heavy atom. The van der Waals surface area contributed by atoms with Gasteiger partial charge in [0.1, 0.15) is 0 Å². The molecule has 1 saturated heterocycles. The second-order valence-electron chi connectivity index (χ2n) is 5.92. The molecule has 0 radical (unpaired) electrons. The molecule has 1 aliphatic heterocycles. The van der Waals surface area contributed by atoms with Crippen molar-refractivity contribution in [3.63, 3.8) is 0 Å². The third-order valence-electron chi connectivity index (χ3n) is 4.16. The molecular formula is C17H28N2O. The van der Waals surface area contributed by atoms with Crippen LogP contribution in [0.15, 0.2) is 24.3 Å². The van der Waals surface area contributed by atoms with Crippen molar-refractivity contribution in [3.8, 4) is 0 Å². The van der Waals surface area contributed by atoms with Gasteiger partial charge in [-0.05, 0) is 31.4 Å². The maximum Gasteiger partial charge on any atom is 0.0733 e. The summed E-state index contributed by atoms with van der Waals surface area (Å²) in [5, 5.41) is 3.68. The molecule has 0 aromatic heterocycles. The normalized spacial score (nSPS) is 24.2. The Bertz CT molecular complexity index is 408. The molecule has 1 fully saturated rings. The predicted octanol–water partition coefficient (Wildman–Crippen LogP) is 3.05. The fourth-order valence-electron chi connectivity index (χ4n) is 2.98. The second kappa shape index (κ2) is 7.65. The first kappa shape index (κ1) is 15.3. The molecule has 1 aromatic carbocycles. The second-order valence-corrected chi connectivity index (χ2v) is 5.92. The molecule has 2 rings (SSSR count). The number of para-hydroxylation sites is 1. The summed E-state index contributed by atoms with van der Waals surface area (Å²) in [6.45, 7) is 8.64. The van der Waals surface area contributed by atoms with Crippen molar-refractivity contribution in [3.05, 3.63) is 29.8 Å². The van der Waals surface area contributed by atoms with E-state index in [1.807, 2.05) is 0 Å². The first-order valence-electron chi connectivity index (χ1n) is 7.79. The summed E-state index contributed by atoms with van der Waals surface area (Å²) >= 11 is 0. The zero-order chi connectivity index (χ0) is 14.4. The van der Waals surface area contributed by atoms with Gasteiger partial charge in [-0.3, -0.25) is 0 Å². The molecule has 112 valence electrons. The number of hydrogen-bond donors (Lipinski definition) is 1. The predicted molar refractivity (Wildman–Crippen MR) is 85.2 cm³/mol. The topological polar surface area (TPSA) is 24.5 Å². The standard InChI is InChI=1S/C17H28N2O/c1-4-16-9-10-19(12-14(2)11-18-16)17-8-6-5-7-15(17)13-20-3/h5-8,14,16,18H,4,9-13H2,1-3H3. The lowest BCUT2D eigenvalue weighted by Crippen LogP contribution is -2.43. The largest absolute Gasteiger partial charge is 0.380 e. The van der Waals surface area contributed by atoms with Crippen molar-refractivity contribution < 1.29 is 4.74 Å². The van der Waals surface area contributed by atoms with Crippen LogP contribution in [0.5, 0.6) is 0 Å². The molecule has 0 saturated carbocycles. The van der Waals surface area contributed by atoms with Crippen LogP contribution in [-0.4, -0.2) is 32.8 Å². The molecule has 3 heteroatoms. The van der Waals surface area contributed by atoms with Crippen molar-refractivity contribution in [1.82, 2.24) is 5.32 Å². The molecule has 0 amide bonds. The summed E-state index contributed by atoms with van der Waals surface area (Å²) < 4.78 is 5.35. The highest BCUT2D eigenvalue weighted by Crippen LogP contribution is 2.24. The molecule has 3 nitrogen and oxygen atoms in total. The zero-order valence-electron chi connectivity index (χ0n) is 13.1. The summed E-state index contributed by atoms with van der Waals surface area (Å²) in [5.41, 5.74) is 2.64. The Kier molecular flexibility index (Phi) is 5.86. The number of anilines is 1. The van der Waals surface area contributed by atoms with Crippen LogP contribution in [0, 0.1) is 5.92 Å². The summed E-state index contributed by atoms with van der Waals surface area (Å²) in [4.78, 5) is 2.54. The van der Waals surface area contributed by atoms with Gasteiger partial charge in [0.25, 0.3) is 0 Å². The van der Waals surface area contributed by atoms with Crippen LogP contribution in [0.25, 0.3) is 0 Å². The first-order chi connectivity index (χ1) is 9.74. The Morgan fingerprint density at radius 2 is 2.15 bits per heavy atom. The van der Waals surface area contributed by atoms with Crippen LogP contribution in [0.1, 0.15) is 32.3 Å². The van der Waals surface area contributed by atoms with E-state index in [1.165, 1.54) is 24.1 Å². The highest BCUT2D eigenvalue weighted by atomic mass is 16.5. The highest BCUT2D eigenvalue weighted by Gasteiger charge is 2.19. The maximum atomic E-state index is 5.35. The Hall–Kier alpha value is -1.06. The molecule has 2 unspecified atom stereocenters. The maximum absolute atomic E-state index is 5.35. The van der Waals surface area contributed by atoms with Gasteiger partial charge >= 0.3 is 0 Å². The highest BCUT2D eigenvalue weighted by molar-refractivity contribution is 5.53. The number of hydrogen-bond acceptors (Lipinski definition) is 3. The van der Waals surface area contributed by atoms with E-state index in [1.54, 1.807) is 7.11 Å². The van der Waals surface area contributed by atoms with E-state index in [0.29, 0.717) is 18.6 Å². The molecule has 0 aliphatic carbocycles. The molecule has 1 aliphatic rings. The smallest absolute Gasteiger partial charge is 0.0733 e. The summed E-state index contributed by atoms with van der Waals surface area (Å²) in [5.74, 6) is 0.667. The fourth-order valence-corrected chi connectivity index (χ4v) is 2.98. The van der Waals surface area contributed by atoms with Crippen LogP contribution >= 0.6 is 0 Å². The van der Waals surface area contributed by atoms with Crippen LogP contribution < -0.4 is 10.2 Å². The summed E-state index contributed by atoms with van der Waals surface area (Å²) in [7, 11) is 1.77. The SMILES string of the molecule is CCC1CCN(c2ccccc2COC)CC(C)CN1. The number of rotatable bonds is 4. The minimum Gasteiger partial charge on any atom is -0.380 e. The number of nitrogens with one attached hydrogen (secondary N) is 1. The van der Waals surface area contributed by atoms with Gasteiger partial charge in [0.15, 0.2) is 0 Å². The molecule has 1 aromatic rings. The number of methoxy groups -OCH3 is 1. The van der Waals surface area contributed by atoms with E-state index in [0.717, 1.165) is 19.6 Å². The Labute approximate surface area is 123 Å². The molecular weight excluding hydrogens is 248 g/mol. The van der Waals surface area contributed by atoms with E-state index < -0.39 is 0 Å². The van der Waals surface area contributed by atoms with Gasteiger partial charge in [0.2, 0.25) is 0 Å². The molecule has 1 N–H and O–H groups in total. The summed E-state index contributed by atoms with van der Waals surface area (Å²) in [6.07, 6.45) is 2.42. The average molecular weight is 276 g/mol. The summed E-state index contributed by atoms with van der Waals surface area (Å²) in [6, 6.07) is 9.29. The quantitative estimate of drug-likeness (QED) is 0.915. The van der Waals surface area contributed by atoms with Gasteiger partial charge in [-0.25, -0.2) is 0 Å². The van der Waals surface area contributed by atoms with Crippen LogP contribution in [-0.2, 0) is 11.3 Å². The zero-order valence-corrected chi connectivity index (χ0v) is 13.1. The molecule has 0 bridgehead atoms. The molecule has 2 atom stereocenters. The number of benzene rings is 1. The van der Waals surface area contributed by atoms with Crippen molar-refractivity contribution >= 4 is 5.69 Å². The Morgan fingerprint density at radius 1 is 1.35 bits per heavy atom. The average Bonchev–Trinajstić information content (AvgIpc) is 2.45. The molecule has 20 heavy (non-hydrogen) atoms. The number of nitrogens with zero attached hydrogens (tertiary/aromatic N) is 1. The van der Waals surface area contributed by atoms with Gasteiger partial charge in [-0.1, -0.05) is 32.0 Å². The van der Waals surface area contributed by atoms with E-state index in [4.69, 9.17) is 4.74 Å².